The van der Waals surface area contributed by atoms with Crippen molar-refractivity contribution in [1.82, 2.24) is 0 Å². The Labute approximate surface area is 202 Å². The third-order valence-corrected chi connectivity index (χ3v) is 6.78. The lowest BCUT2D eigenvalue weighted by Crippen LogP contribution is -2.15. The zero-order chi connectivity index (χ0) is 23.7. The van der Waals surface area contributed by atoms with Crippen LogP contribution in [0.5, 0.6) is 0 Å². The Hall–Kier alpha value is -3.78. The quantitative estimate of drug-likeness (QED) is 0.229. The molecule has 0 spiro atoms. The molecule has 0 radical (unpaired) electrons. The number of aliphatic imine (C=N–C) groups is 2. The van der Waals surface area contributed by atoms with E-state index in [1.165, 1.54) is 38.9 Å². The highest BCUT2D eigenvalue weighted by molar-refractivity contribution is 6.05. The molecule has 2 heteroatoms. The first-order valence-corrected chi connectivity index (χ1v) is 11.9. The van der Waals surface area contributed by atoms with Crippen LogP contribution in [0, 0.1) is 13.8 Å². The maximum absolute atomic E-state index is 4.97. The number of nitrogens with zero attached hydrogens (tertiary/aromatic N) is 2. The lowest BCUT2D eigenvalue weighted by Gasteiger charge is -2.21. The maximum atomic E-state index is 4.97. The summed E-state index contributed by atoms with van der Waals surface area (Å²) in [5.41, 5.74) is 11.2. The van der Waals surface area contributed by atoms with E-state index in [-0.39, 0.29) is 5.41 Å². The van der Waals surface area contributed by atoms with E-state index in [0.29, 0.717) is 6.54 Å². The highest BCUT2D eigenvalue weighted by Gasteiger charge is 2.34. The summed E-state index contributed by atoms with van der Waals surface area (Å²) in [6, 6.07) is 32.4. The Balaban J connectivity index is 1.47. The number of amidine groups is 1. The summed E-state index contributed by atoms with van der Waals surface area (Å²) in [6.45, 7) is 9.41. The molecule has 0 unspecified atom stereocenters. The van der Waals surface area contributed by atoms with Gasteiger partial charge in [0.25, 0.3) is 0 Å². The molecule has 0 saturated heterocycles. The van der Waals surface area contributed by atoms with Crippen molar-refractivity contribution in [2.24, 2.45) is 9.98 Å². The predicted molar refractivity (Wildman–Crippen MR) is 144 cm³/mol. The molecule has 0 aromatic heterocycles. The third-order valence-electron chi connectivity index (χ3n) is 6.78. The van der Waals surface area contributed by atoms with E-state index in [1.54, 1.807) is 0 Å². The van der Waals surface area contributed by atoms with Gasteiger partial charge in [-0.1, -0.05) is 116 Å². The number of fused-ring (bicyclic) bond motifs is 3. The average molecular weight is 443 g/mol. The molecular formula is C32H30N2. The Morgan fingerprint density at radius 1 is 0.735 bits per heavy atom. The molecule has 0 aliphatic heterocycles. The summed E-state index contributed by atoms with van der Waals surface area (Å²) >= 11 is 0. The molecule has 0 saturated carbocycles. The van der Waals surface area contributed by atoms with Gasteiger partial charge in [0.05, 0.1) is 6.54 Å². The number of hydrogen-bond acceptors (Lipinski definition) is 1. The molecule has 5 rings (SSSR count). The van der Waals surface area contributed by atoms with Crippen LogP contribution in [-0.2, 0) is 12.0 Å². The molecule has 4 aromatic carbocycles. The third kappa shape index (κ3) is 4.24. The van der Waals surface area contributed by atoms with Crippen molar-refractivity contribution in [2.75, 3.05) is 0 Å². The van der Waals surface area contributed by atoms with Crippen molar-refractivity contribution >= 4 is 12.1 Å². The Kier molecular flexibility index (Phi) is 5.75. The fourth-order valence-electron chi connectivity index (χ4n) is 4.71. The van der Waals surface area contributed by atoms with Gasteiger partial charge in [0.1, 0.15) is 0 Å². The van der Waals surface area contributed by atoms with Gasteiger partial charge in [-0.3, -0.25) is 4.99 Å². The zero-order valence-corrected chi connectivity index (χ0v) is 20.3. The minimum absolute atomic E-state index is 0.00493. The first kappa shape index (κ1) is 22.0. The molecule has 34 heavy (non-hydrogen) atoms. The molecular weight excluding hydrogens is 412 g/mol. The number of rotatable bonds is 4. The highest BCUT2D eigenvalue weighted by atomic mass is 14.9. The lowest BCUT2D eigenvalue weighted by atomic mass is 9.82. The summed E-state index contributed by atoms with van der Waals surface area (Å²) in [6.07, 6.45) is 1.90. The van der Waals surface area contributed by atoms with Gasteiger partial charge in [0.15, 0.2) is 5.84 Å². The van der Waals surface area contributed by atoms with Crippen LogP contribution in [0.4, 0.5) is 0 Å². The fraction of sp³-hybridized carbons (Fsp3) is 0.188. The zero-order valence-electron chi connectivity index (χ0n) is 20.3. The lowest BCUT2D eigenvalue weighted by molar-refractivity contribution is 0.659. The first-order chi connectivity index (χ1) is 16.4. The van der Waals surface area contributed by atoms with E-state index in [0.717, 1.165) is 17.0 Å². The molecule has 0 bridgehead atoms. The Bertz CT molecular complexity index is 1390. The second-order valence-electron chi connectivity index (χ2n) is 9.73. The standard InChI is InChI=1S/C32H30N2/c1-22-9-13-24(14-10-22)20-33-31(26-16-11-23(2)12-17-26)34-21-25-15-18-28-27-7-5-6-8-29(27)32(3,4)30(28)19-25/h5-20H,21H2,1-4H3. The summed E-state index contributed by atoms with van der Waals surface area (Å²) in [4.78, 5) is 9.76. The number of hydrogen-bond donors (Lipinski definition) is 0. The maximum Gasteiger partial charge on any atom is 0.154 e. The second-order valence-corrected chi connectivity index (χ2v) is 9.73. The van der Waals surface area contributed by atoms with Crippen molar-refractivity contribution in [3.63, 3.8) is 0 Å². The topological polar surface area (TPSA) is 24.7 Å². The van der Waals surface area contributed by atoms with Gasteiger partial charge in [0, 0.05) is 17.2 Å². The van der Waals surface area contributed by atoms with Gasteiger partial charge in [-0.05, 0) is 47.2 Å². The van der Waals surface area contributed by atoms with E-state index >= 15 is 0 Å². The SMILES string of the molecule is Cc1ccc(C=NC(=NCc2ccc3c(c2)C(C)(C)c2ccccc2-3)c2ccc(C)cc2)cc1. The normalized spacial score (nSPS) is 14.3. The van der Waals surface area contributed by atoms with Crippen molar-refractivity contribution < 1.29 is 0 Å². The molecule has 4 aromatic rings. The molecule has 0 fully saturated rings. The van der Waals surface area contributed by atoms with Crippen LogP contribution < -0.4 is 0 Å². The van der Waals surface area contributed by atoms with Crippen LogP contribution in [0.25, 0.3) is 11.1 Å². The molecule has 0 N–H and O–H groups in total. The van der Waals surface area contributed by atoms with Crippen molar-refractivity contribution in [2.45, 2.75) is 39.7 Å². The summed E-state index contributed by atoms with van der Waals surface area (Å²) in [5.74, 6) is 0.753. The summed E-state index contributed by atoms with van der Waals surface area (Å²) in [7, 11) is 0. The molecule has 0 atom stereocenters. The largest absolute Gasteiger partial charge is 0.261 e. The van der Waals surface area contributed by atoms with E-state index in [2.05, 4.69) is 119 Å². The predicted octanol–water partition coefficient (Wildman–Crippen LogP) is 7.68. The molecule has 1 aliphatic carbocycles. The Morgan fingerprint density at radius 2 is 1.38 bits per heavy atom. The first-order valence-electron chi connectivity index (χ1n) is 11.9. The second kappa shape index (κ2) is 8.87. The minimum atomic E-state index is -0.00493. The van der Waals surface area contributed by atoms with Gasteiger partial charge in [-0.15, -0.1) is 0 Å². The molecule has 2 nitrogen and oxygen atoms in total. The van der Waals surface area contributed by atoms with E-state index in [1.807, 2.05) is 6.21 Å². The van der Waals surface area contributed by atoms with Crippen LogP contribution in [-0.4, -0.2) is 12.1 Å². The smallest absolute Gasteiger partial charge is 0.154 e. The van der Waals surface area contributed by atoms with Crippen molar-refractivity contribution in [3.8, 4) is 11.1 Å². The summed E-state index contributed by atoms with van der Waals surface area (Å²) in [5, 5.41) is 0. The van der Waals surface area contributed by atoms with Crippen LogP contribution in [0.2, 0.25) is 0 Å². The van der Waals surface area contributed by atoms with Gasteiger partial charge in [-0.25, -0.2) is 4.99 Å². The van der Waals surface area contributed by atoms with Gasteiger partial charge >= 0.3 is 0 Å². The van der Waals surface area contributed by atoms with Gasteiger partial charge in [0.2, 0.25) is 0 Å². The highest BCUT2D eigenvalue weighted by Crippen LogP contribution is 2.48. The van der Waals surface area contributed by atoms with Crippen LogP contribution >= 0.6 is 0 Å². The number of aryl methyl sites for hydroxylation is 2. The summed E-state index contributed by atoms with van der Waals surface area (Å²) < 4.78 is 0. The molecule has 1 aliphatic rings. The van der Waals surface area contributed by atoms with Crippen LogP contribution in [0.15, 0.2) is 101 Å². The van der Waals surface area contributed by atoms with Crippen molar-refractivity contribution in [1.29, 1.82) is 0 Å². The van der Waals surface area contributed by atoms with E-state index < -0.39 is 0 Å². The average Bonchev–Trinajstić information content (AvgIpc) is 3.08. The fourth-order valence-corrected chi connectivity index (χ4v) is 4.71. The van der Waals surface area contributed by atoms with Gasteiger partial charge < -0.3 is 0 Å². The monoisotopic (exact) mass is 442 g/mol. The van der Waals surface area contributed by atoms with E-state index in [4.69, 9.17) is 9.98 Å². The minimum Gasteiger partial charge on any atom is -0.261 e. The Morgan fingerprint density at radius 3 is 2.12 bits per heavy atom. The van der Waals surface area contributed by atoms with Gasteiger partial charge in [-0.2, -0.15) is 0 Å². The van der Waals surface area contributed by atoms with Crippen LogP contribution in [0.3, 0.4) is 0 Å². The molecule has 168 valence electrons. The number of benzene rings is 4. The van der Waals surface area contributed by atoms with E-state index in [9.17, 15) is 0 Å². The molecule has 0 heterocycles. The van der Waals surface area contributed by atoms with Crippen LogP contribution in [0.1, 0.15) is 52.8 Å². The molecule has 0 amide bonds. The van der Waals surface area contributed by atoms with Crippen molar-refractivity contribution in [3.05, 3.63) is 130 Å².